The number of hydrogen-bond acceptors (Lipinski definition) is 2. The molecular weight excluding hydrogens is 825 g/mol. The molecule has 0 saturated carbocycles. The van der Waals surface area contributed by atoms with E-state index >= 15 is 0 Å². The van der Waals surface area contributed by atoms with Crippen LogP contribution in [0.5, 0.6) is 0 Å². The summed E-state index contributed by atoms with van der Waals surface area (Å²) in [7, 11) is 0. The number of benzene rings is 11. The minimum Gasteiger partial charge on any atom is -0.310 e. The van der Waals surface area contributed by atoms with E-state index in [0.29, 0.717) is 0 Å². The number of rotatable bonds is 9. The van der Waals surface area contributed by atoms with Gasteiger partial charge < -0.3 is 18.9 Å². The summed E-state index contributed by atoms with van der Waals surface area (Å²) >= 11 is 0. The third-order valence-electron chi connectivity index (χ3n) is 13.4. The minimum absolute atomic E-state index is 1.04. The highest BCUT2D eigenvalue weighted by Gasteiger charge is 2.26. The zero-order valence-electron chi connectivity index (χ0n) is 37.2. The molecular formula is C64H44N4. The van der Waals surface area contributed by atoms with E-state index in [0.717, 1.165) is 62.0 Å². The van der Waals surface area contributed by atoms with Crippen molar-refractivity contribution in [1.82, 2.24) is 9.13 Å². The summed E-state index contributed by atoms with van der Waals surface area (Å²) in [5.41, 5.74) is 15.6. The van der Waals surface area contributed by atoms with Gasteiger partial charge >= 0.3 is 0 Å². The largest absolute Gasteiger partial charge is 0.310 e. The number of para-hydroxylation sites is 5. The standard InChI is InChI=1S/C64H44N4/c1-6-21-45(22-7-1)47-24-20-33-52(41-47)68-58-36-19-18-35-56(58)64-61(66(49-27-10-3-11-28-49)50-29-12-4-13-30-50)43-54(44-62(64)68)65(48-25-8-2-9-26-48)53-38-40-59-57(42-53)63-55-34-17-16-23-46(55)37-39-60(63)67(59)51-31-14-5-15-32-51/h1-44H. The van der Waals surface area contributed by atoms with Crippen LogP contribution in [0.15, 0.2) is 267 Å². The molecule has 0 radical (unpaired) electrons. The van der Waals surface area contributed by atoms with Gasteiger partial charge in [-0.3, -0.25) is 0 Å². The summed E-state index contributed by atoms with van der Waals surface area (Å²) in [5, 5.41) is 7.24. The zero-order chi connectivity index (χ0) is 45.0. The Morgan fingerprint density at radius 2 is 0.779 bits per heavy atom. The van der Waals surface area contributed by atoms with Crippen LogP contribution in [0.2, 0.25) is 0 Å². The van der Waals surface area contributed by atoms with Crippen molar-refractivity contribution < 1.29 is 0 Å². The predicted molar refractivity (Wildman–Crippen MR) is 287 cm³/mol. The lowest BCUT2D eigenvalue weighted by Crippen LogP contribution is -2.14. The van der Waals surface area contributed by atoms with Gasteiger partial charge in [-0.05, 0) is 125 Å². The monoisotopic (exact) mass is 868 g/mol. The summed E-state index contributed by atoms with van der Waals surface area (Å²) < 4.78 is 4.88. The Labute approximate surface area is 395 Å². The van der Waals surface area contributed by atoms with E-state index < -0.39 is 0 Å². The number of aromatic nitrogens is 2. The van der Waals surface area contributed by atoms with Crippen molar-refractivity contribution >= 4 is 88.5 Å². The molecule has 0 aliphatic carbocycles. The first kappa shape index (κ1) is 39.3. The average molecular weight is 869 g/mol. The van der Waals surface area contributed by atoms with Gasteiger partial charge in [0.15, 0.2) is 0 Å². The maximum atomic E-state index is 2.46. The molecule has 11 aromatic carbocycles. The maximum absolute atomic E-state index is 2.46. The third-order valence-corrected chi connectivity index (χ3v) is 13.4. The molecule has 0 atom stereocenters. The Balaban J connectivity index is 1.14. The van der Waals surface area contributed by atoms with Crippen molar-refractivity contribution in [1.29, 1.82) is 0 Å². The molecule has 0 aliphatic heterocycles. The summed E-state index contributed by atoms with van der Waals surface area (Å²) in [5.74, 6) is 0. The lowest BCUT2D eigenvalue weighted by molar-refractivity contribution is 1.17. The number of fused-ring (bicyclic) bond motifs is 8. The highest BCUT2D eigenvalue weighted by atomic mass is 15.2. The molecule has 68 heavy (non-hydrogen) atoms. The summed E-state index contributed by atoms with van der Waals surface area (Å²) in [6.07, 6.45) is 0. The fraction of sp³-hybridized carbons (Fsp3) is 0. The molecule has 0 N–H and O–H groups in total. The number of nitrogens with zero attached hydrogens (tertiary/aromatic N) is 4. The summed E-state index contributed by atoms with van der Waals surface area (Å²) in [4.78, 5) is 4.87. The normalized spacial score (nSPS) is 11.5. The maximum Gasteiger partial charge on any atom is 0.0583 e. The molecule has 0 saturated heterocycles. The lowest BCUT2D eigenvalue weighted by Gasteiger charge is -2.30. The van der Waals surface area contributed by atoms with E-state index in [1.54, 1.807) is 0 Å². The Morgan fingerprint density at radius 3 is 1.49 bits per heavy atom. The van der Waals surface area contributed by atoms with Crippen molar-refractivity contribution in [3.05, 3.63) is 267 Å². The number of hydrogen-bond donors (Lipinski definition) is 0. The average Bonchev–Trinajstić information content (AvgIpc) is 3.93. The van der Waals surface area contributed by atoms with E-state index in [4.69, 9.17) is 0 Å². The van der Waals surface area contributed by atoms with Crippen LogP contribution in [0.3, 0.4) is 0 Å². The molecule has 0 spiro atoms. The summed E-state index contributed by atoms with van der Waals surface area (Å²) in [6, 6.07) is 96.8. The molecule has 0 bridgehead atoms. The first-order valence-corrected chi connectivity index (χ1v) is 23.3. The van der Waals surface area contributed by atoms with Gasteiger partial charge in [0, 0.05) is 55.7 Å². The van der Waals surface area contributed by atoms with Crippen molar-refractivity contribution in [2.24, 2.45) is 0 Å². The molecule has 0 aliphatic rings. The van der Waals surface area contributed by atoms with Crippen molar-refractivity contribution in [2.45, 2.75) is 0 Å². The van der Waals surface area contributed by atoms with Crippen LogP contribution in [-0.2, 0) is 0 Å². The van der Waals surface area contributed by atoms with Gasteiger partial charge in [-0.1, -0.05) is 164 Å². The quantitative estimate of drug-likeness (QED) is 0.144. The van der Waals surface area contributed by atoms with Crippen LogP contribution in [0.1, 0.15) is 0 Å². The first-order valence-electron chi connectivity index (χ1n) is 23.3. The van der Waals surface area contributed by atoms with E-state index in [9.17, 15) is 0 Å². The minimum atomic E-state index is 1.04. The van der Waals surface area contributed by atoms with Crippen molar-refractivity contribution in [2.75, 3.05) is 9.80 Å². The topological polar surface area (TPSA) is 16.3 Å². The van der Waals surface area contributed by atoms with Crippen molar-refractivity contribution in [3.8, 4) is 22.5 Å². The Hall–Kier alpha value is -9.12. The summed E-state index contributed by atoms with van der Waals surface area (Å²) in [6.45, 7) is 0. The van der Waals surface area contributed by atoms with Gasteiger partial charge in [-0.2, -0.15) is 0 Å². The van der Waals surface area contributed by atoms with Crippen LogP contribution in [0.25, 0.3) is 76.9 Å². The van der Waals surface area contributed by atoms with Gasteiger partial charge in [0.1, 0.15) is 0 Å². The van der Waals surface area contributed by atoms with E-state index in [1.807, 2.05) is 0 Å². The van der Waals surface area contributed by atoms with Gasteiger partial charge in [-0.25, -0.2) is 0 Å². The van der Waals surface area contributed by atoms with Gasteiger partial charge in [0.25, 0.3) is 0 Å². The van der Waals surface area contributed by atoms with Crippen LogP contribution >= 0.6 is 0 Å². The van der Waals surface area contributed by atoms with E-state index in [2.05, 4.69) is 286 Å². The molecule has 2 heterocycles. The molecule has 0 unspecified atom stereocenters. The molecule has 4 heteroatoms. The van der Waals surface area contributed by atoms with E-state index in [-0.39, 0.29) is 0 Å². The Bertz CT molecular complexity index is 3910. The predicted octanol–water partition coefficient (Wildman–Crippen LogP) is 17.6. The fourth-order valence-electron chi connectivity index (χ4n) is 10.5. The molecule has 2 aromatic heterocycles. The molecule has 4 nitrogen and oxygen atoms in total. The second kappa shape index (κ2) is 16.4. The second-order valence-corrected chi connectivity index (χ2v) is 17.4. The fourth-order valence-corrected chi connectivity index (χ4v) is 10.5. The second-order valence-electron chi connectivity index (χ2n) is 17.4. The van der Waals surface area contributed by atoms with Gasteiger partial charge in [0.05, 0.1) is 33.4 Å². The van der Waals surface area contributed by atoms with Gasteiger partial charge in [-0.15, -0.1) is 0 Å². The Kier molecular flexibility index (Phi) is 9.47. The SMILES string of the molecule is c1ccc(-c2cccc(-n3c4ccccc4c4c(N(c5ccccc5)c5ccccc5)cc(N(c5ccccc5)c5ccc6c(c5)c5c7ccccc7ccc5n6-c5ccccc5)cc43)c2)cc1. The van der Waals surface area contributed by atoms with Crippen LogP contribution < -0.4 is 9.80 Å². The first-order chi connectivity index (χ1) is 33.8. The smallest absolute Gasteiger partial charge is 0.0583 e. The molecule has 320 valence electrons. The van der Waals surface area contributed by atoms with Crippen LogP contribution in [0, 0.1) is 0 Å². The van der Waals surface area contributed by atoms with Crippen LogP contribution in [0.4, 0.5) is 34.1 Å². The van der Waals surface area contributed by atoms with Crippen molar-refractivity contribution in [3.63, 3.8) is 0 Å². The molecule has 0 fully saturated rings. The molecule has 13 aromatic rings. The lowest BCUT2D eigenvalue weighted by atomic mass is 10.0. The highest BCUT2D eigenvalue weighted by Crippen LogP contribution is 2.49. The van der Waals surface area contributed by atoms with Gasteiger partial charge in [0.2, 0.25) is 0 Å². The van der Waals surface area contributed by atoms with Crippen LogP contribution in [-0.4, -0.2) is 9.13 Å². The number of anilines is 6. The Morgan fingerprint density at radius 1 is 0.250 bits per heavy atom. The zero-order valence-corrected chi connectivity index (χ0v) is 37.2. The highest BCUT2D eigenvalue weighted by molar-refractivity contribution is 6.22. The third kappa shape index (κ3) is 6.53. The van der Waals surface area contributed by atoms with E-state index in [1.165, 1.54) is 49.0 Å². The molecule has 0 amide bonds. The molecule has 13 rings (SSSR count).